The fourth-order valence-electron chi connectivity index (χ4n) is 0.507. The molecule has 0 aromatic heterocycles. The monoisotopic (exact) mass is 192 g/mol. The van der Waals surface area contributed by atoms with Crippen molar-refractivity contribution in [3.8, 4) is 0 Å². The standard InChI is InChI=1S/C6H12N2O3S/c1-4-6(8-11-3)5-12(9,10)7-2/h4,7H,1,5H2,2-3H3/b8-6+. The zero-order chi connectivity index (χ0) is 9.61. The number of nitrogens with zero attached hydrogens (tertiary/aromatic N) is 1. The molecule has 0 aliphatic rings. The highest BCUT2D eigenvalue weighted by atomic mass is 32.2. The van der Waals surface area contributed by atoms with Gasteiger partial charge in [-0.1, -0.05) is 11.7 Å². The van der Waals surface area contributed by atoms with Gasteiger partial charge in [-0.05, 0) is 13.1 Å². The Morgan fingerprint density at radius 2 is 2.33 bits per heavy atom. The van der Waals surface area contributed by atoms with Gasteiger partial charge in [-0.3, -0.25) is 0 Å². The minimum Gasteiger partial charge on any atom is -0.399 e. The Morgan fingerprint density at radius 1 is 1.75 bits per heavy atom. The minimum atomic E-state index is -3.29. The number of oxime groups is 1. The Labute approximate surface area is 72.1 Å². The molecular weight excluding hydrogens is 180 g/mol. The molecule has 0 aliphatic carbocycles. The van der Waals surface area contributed by atoms with Crippen molar-refractivity contribution in [1.29, 1.82) is 0 Å². The van der Waals surface area contributed by atoms with E-state index in [0.717, 1.165) is 0 Å². The molecule has 6 heteroatoms. The van der Waals surface area contributed by atoms with Crippen molar-refractivity contribution >= 4 is 15.7 Å². The quantitative estimate of drug-likeness (QED) is 0.481. The third-order valence-electron chi connectivity index (χ3n) is 1.09. The molecule has 0 radical (unpaired) electrons. The first-order chi connectivity index (χ1) is 5.55. The van der Waals surface area contributed by atoms with Gasteiger partial charge in [-0.15, -0.1) is 0 Å². The molecule has 0 aromatic rings. The third-order valence-corrected chi connectivity index (χ3v) is 2.39. The maximum atomic E-state index is 10.9. The normalized spacial score (nSPS) is 12.7. The maximum Gasteiger partial charge on any atom is 0.217 e. The zero-order valence-electron chi connectivity index (χ0n) is 7.07. The van der Waals surface area contributed by atoms with Crippen LogP contribution in [0.2, 0.25) is 0 Å². The van der Waals surface area contributed by atoms with E-state index in [-0.39, 0.29) is 11.5 Å². The number of allylic oxidation sites excluding steroid dienone is 1. The topological polar surface area (TPSA) is 67.8 Å². The molecule has 0 fully saturated rings. The predicted molar refractivity (Wildman–Crippen MR) is 47.5 cm³/mol. The van der Waals surface area contributed by atoms with Gasteiger partial charge in [0.05, 0.1) is 5.71 Å². The SMILES string of the molecule is C=C/C(CS(=O)(=O)NC)=N\OC. The van der Waals surface area contributed by atoms with Gasteiger partial charge in [0.2, 0.25) is 10.0 Å². The van der Waals surface area contributed by atoms with E-state index in [2.05, 4.69) is 21.3 Å². The summed E-state index contributed by atoms with van der Waals surface area (Å²) in [6.07, 6.45) is 1.33. The van der Waals surface area contributed by atoms with Gasteiger partial charge in [0, 0.05) is 0 Å². The summed E-state index contributed by atoms with van der Waals surface area (Å²) in [7, 11) is -0.606. The summed E-state index contributed by atoms with van der Waals surface area (Å²) in [5, 5.41) is 3.46. The first-order valence-electron chi connectivity index (χ1n) is 3.19. The van der Waals surface area contributed by atoms with Crippen LogP contribution in [0.5, 0.6) is 0 Å². The van der Waals surface area contributed by atoms with E-state index in [9.17, 15) is 8.42 Å². The van der Waals surface area contributed by atoms with Crippen LogP contribution in [0.15, 0.2) is 17.8 Å². The van der Waals surface area contributed by atoms with Crippen LogP contribution in [0.3, 0.4) is 0 Å². The Bertz CT molecular complexity index is 269. The lowest BCUT2D eigenvalue weighted by molar-refractivity contribution is 0.213. The summed E-state index contributed by atoms with van der Waals surface area (Å²) >= 11 is 0. The lowest BCUT2D eigenvalue weighted by Crippen LogP contribution is -2.26. The van der Waals surface area contributed by atoms with E-state index in [4.69, 9.17) is 0 Å². The second-order valence-electron chi connectivity index (χ2n) is 1.93. The Balaban J connectivity index is 4.42. The first kappa shape index (κ1) is 11.1. The predicted octanol–water partition coefficient (Wildman–Crippen LogP) is -0.276. The maximum absolute atomic E-state index is 10.9. The van der Waals surface area contributed by atoms with Gasteiger partial charge in [0.1, 0.15) is 12.9 Å². The Kier molecular flexibility index (Phi) is 4.53. The van der Waals surface area contributed by atoms with Crippen molar-refractivity contribution < 1.29 is 13.3 Å². The molecule has 0 aromatic carbocycles. The molecule has 12 heavy (non-hydrogen) atoms. The van der Waals surface area contributed by atoms with Crippen LogP contribution in [-0.2, 0) is 14.9 Å². The summed E-state index contributed by atoms with van der Waals surface area (Å²) in [5.74, 6) is -0.221. The number of sulfonamides is 1. The van der Waals surface area contributed by atoms with Crippen LogP contribution in [0, 0.1) is 0 Å². The number of nitrogens with one attached hydrogen (secondary N) is 1. The molecule has 0 amide bonds. The summed E-state index contributed by atoms with van der Waals surface area (Å²) in [4.78, 5) is 4.41. The number of hydrogen-bond acceptors (Lipinski definition) is 4. The van der Waals surface area contributed by atoms with Crippen LogP contribution >= 0.6 is 0 Å². The van der Waals surface area contributed by atoms with Gasteiger partial charge in [-0.25, -0.2) is 13.1 Å². The molecule has 0 spiro atoms. The van der Waals surface area contributed by atoms with E-state index in [1.165, 1.54) is 20.2 Å². The molecule has 0 atom stereocenters. The van der Waals surface area contributed by atoms with Crippen molar-refractivity contribution in [2.24, 2.45) is 5.16 Å². The first-order valence-corrected chi connectivity index (χ1v) is 4.84. The molecular formula is C6H12N2O3S. The molecule has 0 saturated carbocycles. The summed E-state index contributed by atoms with van der Waals surface area (Å²) < 4.78 is 24.0. The van der Waals surface area contributed by atoms with E-state index in [0.29, 0.717) is 0 Å². The lowest BCUT2D eigenvalue weighted by atomic mass is 10.4. The van der Waals surface area contributed by atoms with Gasteiger partial charge >= 0.3 is 0 Å². The molecule has 0 heterocycles. The van der Waals surface area contributed by atoms with Gasteiger partial charge in [0.25, 0.3) is 0 Å². The van der Waals surface area contributed by atoms with E-state index < -0.39 is 10.0 Å². The zero-order valence-corrected chi connectivity index (χ0v) is 7.89. The molecule has 0 bridgehead atoms. The van der Waals surface area contributed by atoms with E-state index in [1.54, 1.807) is 0 Å². The molecule has 0 unspecified atom stereocenters. The number of rotatable bonds is 5. The van der Waals surface area contributed by atoms with Crippen molar-refractivity contribution in [3.05, 3.63) is 12.7 Å². The average molecular weight is 192 g/mol. The summed E-state index contributed by atoms with van der Waals surface area (Å²) in [6.45, 7) is 3.40. The molecule has 1 N–H and O–H groups in total. The van der Waals surface area contributed by atoms with Crippen molar-refractivity contribution in [2.45, 2.75) is 0 Å². The van der Waals surface area contributed by atoms with Crippen LogP contribution < -0.4 is 4.72 Å². The Morgan fingerprint density at radius 3 is 2.67 bits per heavy atom. The highest BCUT2D eigenvalue weighted by molar-refractivity contribution is 7.90. The van der Waals surface area contributed by atoms with Gasteiger partial charge < -0.3 is 4.84 Å². The van der Waals surface area contributed by atoms with Gasteiger partial charge in [-0.2, -0.15) is 0 Å². The van der Waals surface area contributed by atoms with Crippen LogP contribution in [0.25, 0.3) is 0 Å². The second-order valence-corrected chi connectivity index (χ2v) is 3.86. The fourth-order valence-corrected chi connectivity index (χ4v) is 1.21. The highest BCUT2D eigenvalue weighted by Gasteiger charge is 2.09. The third kappa shape index (κ3) is 4.09. The van der Waals surface area contributed by atoms with Crippen LogP contribution in [0.4, 0.5) is 0 Å². The highest BCUT2D eigenvalue weighted by Crippen LogP contribution is 1.89. The molecule has 0 saturated heterocycles. The second kappa shape index (κ2) is 4.89. The number of hydrogen-bond donors (Lipinski definition) is 1. The molecule has 0 aliphatic heterocycles. The van der Waals surface area contributed by atoms with Gasteiger partial charge in [0.15, 0.2) is 0 Å². The molecule has 0 rings (SSSR count). The fraction of sp³-hybridized carbons (Fsp3) is 0.500. The van der Waals surface area contributed by atoms with Crippen LogP contribution in [0.1, 0.15) is 0 Å². The van der Waals surface area contributed by atoms with E-state index >= 15 is 0 Å². The van der Waals surface area contributed by atoms with E-state index in [1.807, 2.05) is 0 Å². The van der Waals surface area contributed by atoms with Crippen LogP contribution in [-0.4, -0.2) is 34.0 Å². The Hall–Kier alpha value is -0.880. The van der Waals surface area contributed by atoms with Crippen molar-refractivity contribution in [3.63, 3.8) is 0 Å². The smallest absolute Gasteiger partial charge is 0.217 e. The largest absolute Gasteiger partial charge is 0.399 e. The van der Waals surface area contributed by atoms with Crippen molar-refractivity contribution in [1.82, 2.24) is 4.72 Å². The lowest BCUT2D eigenvalue weighted by Gasteiger charge is -2.00. The summed E-state index contributed by atoms with van der Waals surface area (Å²) in [5.41, 5.74) is 0.270. The minimum absolute atomic E-state index is 0.221. The summed E-state index contributed by atoms with van der Waals surface area (Å²) in [6, 6.07) is 0. The van der Waals surface area contributed by atoms with Crippen molar-refractivity contribution in [2.75, 3.05) is 19.9 Å². The molecule has 70 valence electrons. The molecule has 5 nitrogen and oxygen atoms in total. The average Bonchev–Trinajstić information content (AvgIpc) is 2.03.